The molecule has 0 fully saturated rings. The zero-order valence-corrected chi connectivity index (χ0v) is 12.4. The Morgan fingerprint density at radius 3 is 2.45 bits per heavy atom. The first-order chi connectivity index (χ1) is 9.11. The standard InChI is InChI=1S/C16H21NO2.ClH/c1-2-3-4-15(19)16(17)13-6-5-12-10-14(18)8-7-11(12)9-13;/h5-10,15-16,18-19H,2-4,17H2,1H3;1H/t15-,16+;/m0./s1. The Bertz CT molecular complexity index is 559. The maximum absolute atomic E-state index is 10.1. The number of aliphatic hydroxyl groups excluding tert-OH is 1. The van der Waals surface area contributed by atoms with Crippen molar-refractivity contribution in [2.75, 3.05) is 0 Å². The van der Waals surface area contributed by atoms with Gasteiger partial charge in [-0.25, -0.2) is 0 Å². The van der Waals surface area contributed by atoms with Crippen LogP contribution in [0.2, 0.25) is 0 Å². The second kappa shape index (κ2) is 7.48. The molecule has 0 amide bonds. The van der Waals surface area contributed by atoms with Gasteiger partial charge in [-0.15, -0.1) is 12.4 Å². The van der Waals surface area contributed by atoms with Crippen molar-refractivity contribution in [3.05, 3.63) is 42.0 Å². The average Bonchev–Trinajstić information content (AvgIpc) is 2.43. The van der Waals surface area contributed by atoms with Crippen LogP contribution in [0.1, 0.15) is 37.8 Å². The molecule has 0 saturated carbocycles. The van der Waals surface area contributed by atoms with Crippen LogP contribution in [0.15, 0.2) is 36.4 Å². The van der Waals surface area contributed by atoms with E-state index in [4.69, 9.17) is 5.73 Å². The number of rotatable bonds is 5. The van der Waals surface area contributed by atoms with Crippen LogP contribution in [-0.2, 0) is 0 Å². The van der Waals surface area contributed by atoms with Gasteiger partial charge in [0, 0.05) is 0 Å². The van der Waals surface area contributed by atoms with E-state index in [9.17, 15) is 10.2 Å². The van der Waals surface area contributed by atoms with Crippen molar-refractivity contribution in [3.8, 4) is 5.75 Å². The molecule has 3 nitrogen and oxygen atoms in total. The van der Waals surface area contributed by atoms with Gasteiger partial charge in [0.1, 0.15) is 5.75 Å². The molecule has 0 bridgehead atoms. The number of hydrogen-bond acceptors (Lipinski definition) is 3. The zero-order chi connectivity index (χ0) is 13.8. The van der Waals surface area contributed by atoms with Gasteiger partial charge in [-0.1, -0.05) is 38.0 Å². The van der Waals surface area contributed by atoms with Gasteiger partial charge in [-0.05, 0) is 41.0 Å². The van der Waals surface area contributed by atoms with Gasteiger partial charge in [0.05, 0.1) is 12.1 Å². The van der Waals surface area contributed by atoms with Gasteiger partial charge in [-0.2, -0.15) is 0 Å². The Kier molecular flexibility index (Phi) is 6.27. The summed E-state index contributed by atoms with van der Waals surface area (Å²) in [6.07, 6.45) is 2.26. The van der Waals surface area contributed by atoms with Crippen molar-refractivity contribution >= 4 is 23.2 Å². The minimum atomic E-state index is -0.505. The fraction of sp³-hybridized carbons (Fsp3) is 0.375. The van der Waals surface area contributed by atoms with Gasteiger partial charge in [0.15, 0.2) is 0 Å². The highest BCUT2D eigenvalue weighted by atomic mass is 35.5. The molecule has 2 atom stereocenters. The van der Waals surface area contributed by atoms with Gasteiger partial charge in [0.25, 0.3) is 0 Å². The number of hydrogen-bond donors (Lipinski definition) is 3. The normalized spacial score (nSPS) is 13.8. The van der Waals surface area contributed by atoms with Crippen LogP contribution in [-0.4, -0.2) is 16.3 Å². The molecule has 0 radical (unpaired) electrons. The SMILES string of the molecule is CCCC[C@H](O)[C@H](N)c1ccc2cc(O)ccc2c1.Cl. The summed E-state index contributed by atoms with van der Waals surface area (Å²) >= 11 is 0. The van der Waals surface area contributed by atoms with E-state index in [0.717, 1.165) is 35.6 Å². The average molecular weight is 296 g/mol. The molecule has 0 aromatic heterocycles. The minimum absolute atomic E-state index is 0. The fourth-order valence-corrected chi connectivity index (χ4v) is 2.27. The largest absolute Gasteiger partial charge is 0.508 e. The molecule has 0 unspecified atom stereocenters. The summed E-state index contributed by atoms with van der Waals surface area (Å²) in [6.45, 7) is 2.10. The lowest BCUT2D eigenvalue weighted by molar-refractivity contribution is 0.132. The monoisotopic (exact) mass is 295 g/mol. The van der Waals surface area contributed by atoms with Gasteiger partial charge in [-0.3, -0.25) is 0 Å². The molecular weight excluding hydrogens is 274 g/mol. The number of phenols is 1. The maximum Gasteiger partial charge on any atom is 0.116 e. The van der Waals surface area contributed by atoms with E-state index in [1.807, 2.05) is 24.3 Å². The molecule has 0 aliphatic carbocycles. The second-order valence-corrected chi connectivity index (χ2v) is 5.03. The molecule has 0 spiro atoms. The second-order valence-electron chi connectivity index (χ2n) is 5.03. The highest BCUT2D eigenvalue weighted by Crippen LogP contribution is 2.25. The molecule has 4 heteroatoms. The Morgan fingerprint density at radius 1 is 1.10 bits per heavy atom. The molecule has 4 N–H and O–H groups in total. The first-order valence-corrected chi connectivity index (χ1v) is 6.78. The molecule has 0 heterocycles. The van der Waals surface area contributed by atoms with Crippen molar-refractivity contribution in [1.82, 2.24) is 0 Å². The number of nitrogens with two attached hydrogens (primary N) is 1. The molecule has 0 aliphatic heterocycles. The molecule has 110 valence electrons. The third-order valence-electron chi connectivity index (χ3n) is 3.50. The highest BCUT2D eigenvalue weighted by Gasteiger charge is 2.16. The van der Waals surface area contributed by atoms with Crippen LogP contribution in [0.4, 0.5) is 0 Å². The van der Waals surface area contributed by atoms with Crippen molar-refractivity contribution in [1.29, 1.82) is 0 Å². The summed E-state index contributed by atoms with van der Waals surface area (Å²) in [4.78, 5) is 0. The van der Waals surface area contributed by atoms with E-state index in [-0.39, 0.29) is 24.2 Å². The van der Waals surface area contributed by atoms with Crippen LogP contribution in [0, 0.1) is 0 Å². The van der Waals surface area contributed by atoms with E-state index in [1.54, 1.807) is 12.1 Å². The highest BCUT2D eigenvalue weighted by molar-refractivity contribution is 5.85. The summed E-state index contributed by atoms with van der Waals surface area (Å²) in [7, 11) is 0. The third kappa shape index (κ3) is 3.85. The lowest BCUT2D eigenvalue weighted by Crippen LogP contribution is -2.26. The Labute approximate surface area is 125 Å². The van der Waals surface area contributed by atoms with Gasteiger partial charge in [0.2, 0.25) is 0 Å². The molecule has 2 aromatic carbocycles. The van der Waals surface area contributed by atoms with E-state index < -0.39 is 6.10 Å². The number of fused-ring (bicyclic) bond motifs is 1. The Hall–Kier alpha value is -1.29. The first kappa shape index (κ1) is 16.8. The summed E-state index contributed by atoms with van der Waals surface area (Å²) in [6, 6.07) is 10.7. The summed E-state index contributed by atoms with van der Waals surface area (Å²) in [5.74, 6) is 0.257. The lowest BCUT2D eigenvalue weighted by Gasteiger charge is -2.19. The van der Waals surface area contributed by atoms with Crippen molar-refractivity contribution in [2.24, 2.45) is 5.73 Å². The van der Waals surface area contributed by atoms with Crippen molar-refractivity contribution < 1.29 is 10.2 Å². The third-order valence-corrected chi connectivity index (χ3v) is 3.50. The maximum atomic E-state index is 10.1. The Morgan fingerprint density at radius 2 is 1.75 bits per heavy atom. The number of benzene rings is 2. The topological polar surface area (TPSA) is 66.5 Å². The zero-order valence-electron chi connectivity index (χ0n) is 11.6. The van der Waals surface area contributed by atoms with Crippen molar-refractivity contribution in [2.45, 2.75) is 38.3 Å². The van der Waals surface area contributed by atoms with E-state index in [0.29, 0.717) is 0 Å². The van der Waals surface area contributed by atoms with Gasteiger partial charge < -0.3 is 15.9 Å². The smallest absolute Gasteiger partial charge is 0.116 e. The fourth-order valence-electron chi connectivity index (χ4n) is 2.27. The van der Waals surface area contributed by atoms with Crippen LogP contribution < -0.4 is 5.73 Å². The summed E-state index contributed by atoms with van der Waals surface area (Å²) in [5.41, 5.74) is 7.03. The number of phenolic OH excluding ortho intramolecular Hbond substituents is 1. The first-order valence-electron chi connectivity index (χ1n) is 6.78. The summed E-state index contributed by atoms with van der Waals surface area (Å²) < 4.78 is 0. The molecular formula is C16H22ClNO2. The Balaban J connectivity index is 0.00000200. The number of aliphatic hydroxyl groups is 1. The molecule has 20 heavy (non-hydrogen) atoms. The van der Waals surface area contributed by atoms with E-state index in [2.05, 4.69) is 6.92 Å². The molecule has 0 saturated heterocycles. The van der Waals surface area contributed by atoms with Crippen LogP contribution in [0.5, 0.6) is 5.75 Å². The van der Waals surface area contributed by atoms with Gasteiger partial charge >= 0.3 is 0 Å². The van der Waals surface area contributed by atoms with Crippen LogP contribution in [0.3, 0.4) is 0 Å². The van der Waals surface area contributed by atoms with E-state index >= 15 is 0 Å². The van der Waals surface area contributed by atoms with Crippen LogP contribution in [0.25, 0.3) is 10.8 Å². The number of halogens is 1. The predicted octanol–water partition coefficient (Wildman–Crippen LogP) is 3.52. The van der Waals surface area contributed by atoms with Crippen LogP contribution >= 0.6 is 12.4 Å². The van der Waals surface area contributed by atoms with E-state index in [1.165, 1.54) is 0 Å². The molecule has 0 aliphatic rings. The predicted molar refractivity (Wildman–Crippen MR) is 85.3 cm³/mol. The number of unbranched alkanes of at least 4 members (excludes halogenated alkanes) is 1. The summed E-state index contributed by atoms with van der Waals surface area (Å²) in [5, 5.41) is 21.5. The quantitative estimate of drug-likeness (QED) is 0.790. The molecule has 2 rings (SSSR count). The minimum Gasteiger partial charge on any atom is -0.508 e. The molecule has 2 aromatic rings. The van der Waals surface area contributed by atoms with Crippen molar-refractivity contribution in [3.63, 3.8) is 0 Å². The lowest BCUT2D eigenvalue weighted by atomic mass is 9.96. The number of aromatic hydroxyl groups is 1.